The van der Waals surface area contributed by atoms with E-state index in [1.54, 1.807) is 24.3 Å². The highest BCUT2D eigenvalue weighted by Crippen LogP contribution is 2.22. The molecule has 9 nitrogen and oxygen atoms in total. The fraction of sp³-hybridized carbons (Fsp3) is 0.190. The third-order valence-electron chi connectivity index (χ3n) is 4.09. The van der Waals surface area contributed by atoms with Crippen LogP contribution in [0.15, 0.2) is 59.8 Å². The molecule has 0 spiro atoms. The lowest BCUT2D eigenvalue weighted by Crippen LogP contribution is -2.21. The molecule has 4 N–H and O–H groups in total. The van der Waals surface area contributed by atoms with Crippen molar-refractivity contribution in [2.75, 3.05) is 17.7 Å². The van der Waals surface area contributed by atoms with Crippen LogP contribution in [-0.2, 0) is 14.8 Å². The minimum atomic E-state index is -5.08. The lowest BCUT2D eigenvalue weighted by molar-refractivity contribution is -0.192. The predicted molar refractivity (Wildman–Crippen MR) is 121 cm³/mol. The van der Waals surface area contributed by atoms with Crippen LogP contribution in [0, 0.1) is 13.8 Å². The van der Waals surface area contributed by atoms with E-state index in [0.717, 1.165) is 16.8 Å². The zero-order valence-corrected chi connectivity index (χ0v) is 19.1. The molecule has 2 aromatic carbocycles. The summed E-state index contributed by atoms with van der Waals surface area (Å²) >= 11 is 0. The lowest BCUT2D eigenvalue weighted by Gasteiger charge is -2.11. The van der Waals surface area contributed by atoms with Crippen molar-refractivity contribution in [2.24, 2.45) is 0 Å². The van der Waals surface area contributed by atoms with Gasteiger partial charge in [0.25, 0.3) is 0 Å². The van der Waals surface area contributed by atoms with Crippen LogP contribution in [0.3, 0.4) is 0 Å². The van der Waals surface area contributed by atoms with Gasteiger partial charge in [0.1, 0.15) is 18.0 Å². The van der Waals surface area contributed by atoms with Crippen molar-refractivity contribution in [1.29, 1.82) is 0 Å². The summed E-state index contributed by atoms with van der Waals surface area (Å²) in [6, 6.07) is 14.5. The Bertz CT molecular complexity index is 1250. The van der Waals surface area contributed by atoms with Crippen LogP contribution in [0.2, 0.25) is 0 Å². The number of anilines is 4. The van der Waals surface area contributed by atoms with E-state index in [0.29, 0.717) is 17.3 Å². The fourth-order valence-electron chi connectivity index (χ4n) is 2.70. The summed E-state index contributed by atoms with van der Waals surface area (Å²) in [6.07, 6.45) is -3.64. The van der Waals surface area contributed by atoms with E-state index in [4.69, 9.17) is 9.90 Å². The van der Waals surface area contributed by atoms with Gasteiger partial charge in [0.05, 0.1) is 4.90 Å². The molecule has 0 bridgehead atoms. The number of carboxylic acids is 1. The van der Waals surface area contributed by atoms with Gasteiger partial charge < -0.3 is 15.7 Å². The highest BCUT2D eigenvalue weighted by molar-refractivity contribution is 7.89. The zero-order chi connectivity index (χ0) is 25.5. The Labute approximate surface area is 194 Å². The summed E-state index contributed by atoms with van der Waals surface area (Å²) in [4.78, 5) is 17.5. The molecule has 0 aliphatic heterocycles. The number of halogens is 3. The molecule has 0 aliphatic rings. The number of nitrogens with zero attached hydrogens (tertiary/aromatic N) is 2. The lowest BCUT2D eigenvalue weighted by atomic mass is 10.1. The third kappa shape index (κ3) is 8.01. The number of rotatable bonds is 6. The Morgan fingerprint density at radius 2 is 1.44 bits per heavy atom. The van der Waals surface area contributed by atoms with E-state index in [1.807, 2.05) is 26.0 Å². The van der Waals surface area contributed by atoms with Crippen LogP contribution in [-0.4, -0.2) is 42.7 Å². The number of carbonyl (C=O) groups is 1. The van der Waals surface area contributed by atoms with Crippen molar-refractivity contribution in [3.63, 3.8) is 0 Å². The molecule has 0 radical (unpaired) electrons. The summed E-state index contributed by atoms with van der Waals surface area (Å²) in [5, 5.41) is 13.5. The molecule has 0 aliphatic carbocycles. The Morgan fingerprint density at radius 1 is 0.912 bits per heavy atom. The van der Waals surface area contributed by atoms with Crippen molar-refractivity contribution in [1.82, 2.24) is 14.7 Å². The normalized spacial score (nSPS) is 11.2. The minimum absolute atomic E-state index is 0.178. The monoisotopic (exact) mass is 497 g/mol. The summed E-state index contributed by atoms with van der Waals surface area (Å²) in [6.45, 7) is 4.08. The van der Waals surface area contributed by atoms with Gasteiger partial charge in [0.15, 0.2) is 0 Å². The molecule has 1 heterocycles. The smallest absolute Gasteiger partial charge is 0.475 e. The van der Waals surface area contributed by atoms with Gasteiger partial charge in [-0.2, -0.15) is 13.2 Å². The van der Waals surface area contributed by atoms with Crippen molar-refractivity contribution < 1.29 is 31.5 Å². The average molecular weight is 497 g/mol. The van der Waals surface area contributed by atoms with E-state index in [1.165, 1.54) is 19.4 Å². The van der Waals surface area contributed by atoms with Crippen LogP contribution in [0.1, 0.15) is 11.1 Å². The zero-order valence-electron chi connectivity index (χ0n) is 18.3. The SMILES string of the molecule is CNS(=O)(=O)c1cccc(Nc2cc(Nc3cc(C)cc(C)c3)ncn2)c1.O=C(O)C(F)(F)F. The second-order valence-electron chi connectivity index (χ2n) is 6.95. The molecule has 182 valence electrons. The maximum atomic E-state index is 11.9. The molecule has 3 rings (SSSR count). The average Bonchev–Trinajstić information content (AvgIpc) is 2.73. The van der Waals surface area contributed by atoms with Gasteiger partial charge in [-0.3, -0.25) is 0 Å². The Balaban J connectivity index is 0.000000509. The first-order chi connectivity index (χ1) is 15.8. The van der Waals surface area contributed by atoms with Crippen LogP contribution in [0.4, 0.5) is 36.2 Å². The van der Waals surface area contributed by atoms with E-state index >= 15 is 0 Å². The number of aryl methyl sites for hydroxylation is 2. The number of hydrogen-bond donors (Lipinski definition) is 4. The molecule has 1 aromatic heterocycles. The van der Waals surface area contributed by atoms with Gasteiger partial charge in [0, 0.05) is 17.4 Å². The second kappa shape index (κ2) is 10.9. The van der Waals surface area contributed by atoms with Crippen LogP contribution < -0.4 is 15.4 Å². The molecule has 0 saturated heterocycles. The van der Waals surface area contributed by atoms with Crippen molar-refractivity contribution in [2.45, 2.75) is 24.9 Å². The first kappa shape index (κ1) is 26.5. The van der Waals surface area contributed by atoms with Crippen molar-refractivity contribution in [3.8, 4) is 0 Å². The first-order valence-electron chi connectivity index (χ1n) is 9.58. The van der Waals surface area contributed by atoms with E-state index in [-0.39, 0.29) is 4.90 Å². The predicted octanol–water partition coefficient (Wildman–Crippen LogP) is 4.12. The van der Waals surface area contributed by atoms with Crippen molar-refractivity contribution in [3.05, 3.63) is 66.0 Å². The number of hydrogen-bond acceptors (Lipinski definition) is 7. The molecule has 0 unspecified atom stereocenters. The number of carboxylic acid groups (broad SMARTS) is 1. The van der Waals surface area contributed by atoms with E-state index < -0.39 is 22.2 Å². The molecular formula is C21H22F3N5O4S. The Kier molecular flexibility index (Phi) is 8.54. The summed E-state index contributed by atoms with van der Waals surface area (Å²) in [5.41, 5.74) is 3.88. The van der Waals surface area contributed by atoms with E-state index in [2.05, 4.69) is 31.4 Å². The van der Waals surface area contributed by atoms with Crippen LogP contribution in [0.5, 0.6) is 0 Å². The molecule has 13 heteroatoms. The van der Waals surface area contributed by atoms with Gasteiger partial charge in [-0.25, -0.2) is 27.9 Å². The third-order valence-corrected chi connectivity index (χ3v) is 5.50. The molecule has 0 atom stereocenters. The molecule has 0 fully saturated rings. The summed E-state index contributed by atoms with van der Waals surface area (Å²) < 4.78 is 57.9. The standard InChI is InChI=1S/C19H21N5O2S.C2HF3O2/c1-13-7-14(2)9-16(8-13)24-19-11-18(21-12-22-19)23-15-5-4-6-17(10-15)27(25,26)20-3;3-2(4,5)1(6)7/h4-12,20H,1-3H3,(H2,21,22,23,24);(H,6,7). The molecule has 34 heavy (non-hydrogen) atoms. The number of nitrogens with one attached hydrogen (secondary N) is 3. The van der Waals surface area contributed by atoms with Gasteiger partial charge in [-0.15, -0.1) is 0 Å². The van der Waals surface area contributed by atoms with E-state index in [9.17, 15) is 21.6 Å². The number of alkyl halides is 3. The Hall–Kier alpha value is -3.71. The highest BCUT2D eigenvalue weighted by atomic mass is 32.2. The molecule has 0 saturated carbocycles. The maximum Gasteiger partial charge on any atom is 0.490 e. The van der Waals surface area contributed by atoms with Gasteiger partial charge in [-0.1, -0.05) is 12.1 Å². The number of benzene rings is 2. The number of aliphatic carboxylic acids is 1. The summed E-state index contributed by atoms with van der Waals surface area (Å²) in [5.74, 6) is -1.57. The number of aromatic nitrogens is 2. The molecule has 3 aromatic rings. The Morgan fingerprint density at radius 3 is 1.94 bits per heavy atom. The fourth-order valence-corrected chi connectivity index (χ4v) is 3.47. The minimum Gasteiger partial charge on any atom is -0.475 e. The van der Waals surface area contributed by atoms with Crippen LogP contribution >= 0.6 is 0 Å². The maximum absolute atomic E-state index is 11.9. The quantitative estimate of drug-likeness (QED) is 0.400. The molecule has 0 amide bonds. The van der Waals surface area contributed by atoms with Crippen LogP contribution in [0.25, 0.3) is 0 Å². The topological polar surface area (TPSA) is 133 Å². The summed E-state index contributed by atoms with van der Waals surface area (Å²) in [7, 11) is -2.13. The second-order valence-corrected chi connectivity index (χ2v) is 8.84. The number of sulfonamides is 1. The molecular weight excluding hydrogens is 475 g/mol. The first-order valence-corrected chi connectivity index (χ1v) is 11.1. The largest absolute Gasteiger partial charge is 0.490 e. The van der Waals surface area contributed by atoms with Gasteiger partial charge in [0.2, 0.25) is 10.0 Å². The van der Waals surface area contributed by atoms with Gasteiger partial charge >= 0.3 is 12.1 Å². The van der Waals surface area contributed by atoms with Crippen molar-refractivity contribution >= 4 is 39.0 Å². The highest BCUT2D eigenvalue weighted by Gasteiger charge is 2.38. The van der Waals surface area contributed by atoms with Gasteiger partial charge in [-0.05, 0) is 62.4 Å².